The maximum Gasteiger partial charge on any atom is 0.233 e. The molecule has 2 aromatic rings. The van der Waals surface area contributed by atoms with Gasteiger partial charge in [-0.1, -0.05) is 49.1 Å². The van der Waals surface area contributed by atoms with E-state index in [9.17, 15) is 4.79 Å². The summed E-state index contributed by atoms with van der Waals surface area (Å²) in [6, 6.07) is 8.33. The number of amides is 1. The maximum atomic E-state index is 12.1. The summed E-state index contributed by atoms with van der Waals surface area (Å²) in [5.41, 5.74) is 2.29. The predicted molar refractivity (Wildman–Crippen MR) is 102 cm³/mol. The molecule has 6 nitrogen and oxygen atoms in total. The molecule has 0 spiro atoms. The number of ether oxygens (including phenoxy) is 1. The highest BCUT2D eigenvalue weighted by atomic mass is 32.2. The lowest BCUT2D eigenvalue weighted by Crippen LogP contribution is -2.41. The Morgan fingerprint density at radius 3 is 2.68 bits per heavy atom. The molecular formula is C17H22N4O2S2. The van der Waals surface area contributed by atoms with Gasteiger partial charge in [-0.15, -0.1) is 10.2 Å². The van der Waals surface area contributed by atoms with Crippen LogP contribution in [-0.2, 0) is 9.53 Å². The van der Waals surface area contributed by atoms with Crippen LogP contribution in [0.4, 0.5) is 10.8 Å². The molecule has 0 bridgehead atoms. The first-order chi connectivity index (χ1) is 12.1. The molecule has 1 aromatic carbocycles. The number of hydrogen-bond donors (Lipinski definition) is 1. The summed E-state index contributed by atoms with van der Waals surface area (Å²) < 4.78 is 6.06. The maximum absolute atomic E-state index is 12.1. The van der Waals surface area contributed by atoms with E-state index in [1.165, 1.54) is 28.7 Å². The lowest BCUT2D eigenvalue weighted by Gasteiger charge is -2.26. The van der Waals surface area contributed by atoms with Crippen LogP contribution < -0.4 is 5.32 Å². The standard InChI is InChI=1S/C17H22N4O2S2/c1-12(2)13-3-5-14(6-4-13)18-16-19-20-17(25-16)24-11-15(22)21-7-9-23-10-8-21/h3-6,12H,7-11H2,1-2H3,(H,18,19). The van der Waals surface area contributed by atoms with Crippen LogP contribution in [0.15, 0.2) is 28.6 Å². The molecule has 1 aromatic heterocycles. The van der Waals surface area contributed by atoms with Crippen LogP contribution >= 0.6 is 23.1 Å². The number of morpholine rings is 1. The van der Waals surface area contributed by atoms with Gasteiger partial charge in [0.2, 0.25) is 11.0 Å². The van der Waals surface area contributed by atoms with E-state index in [1.54, 1.807) is 0 Å². The largest absolute Gasteiger partial charge is 0.378 e. The number of hydrogen-bond acceptors (Lipinski definition) is 7. The number of thioether (sulfide) groups is 1. The first kappa shape index (κ1) is 18.2. The summed E-state index contributed by atoms with van der Waals surface area (Å²) in [6.07, 6.45) is 0. The van der Waals surface area contributed by atoms with Crippen LogP contribution in [0.5, 0.6) is 0 Å². The summed E-state index contributed by atoms with van der Waals surface area (Å²) in [7, 11) is 0. The van der Waals surface area contributed by atoms with E-state index in [0.29, 0.717) is 38.0 Å². The van der Waals surface area contributed by atoms with Crippen molar-refractivity contribution in [3.8, 4) is 0 Å². The minimum Gasteiger partial charge on any atom is -0.378 e. The first-order valence-electron chi connectivity index (χ1n) is 8.30. The average molecular weight is 379 g/mol. The molecule has 8 heteroatoms. The van der Waals surface area contributed by atoms with E-state index in [4.69, 9.17) is 4.74 Å². The molecule has 1 saturated heterocycles. The number of carbonyl (C=O) groups is 1. The Labute approximate surface area is 156 Å². The Morgan fingerprint density at radius 1 is 1.28 bits per heavy atom. The molecule has 1 fully saturated rings. The topological polar surface area (TPSA) is 67.4 Å². The molecule has 134 valence electrons. The van der Waals surface area contributed by atoms with Crippen molar-refractivity contribution in [3.05, 3.63) is 29.8 Å². The number of carbonyl (C=O) groups excluding carboxylic acids is 1. The summed E-state index contributed by atoms with van der Waals surface area (Å²) in [5.74, 6) is 1.03. The third kappa shape index (κ3) is 5.17. The summed E-state index contributed by atoms with van der Waals surface area (Å²) in [5, 5.41) is 12.3. The van der Waals surface area contributed by atoms with E-state index in [2.05, 4.69) is 41.5 Å². The molecular weight excluding hydrogens is 356 g/mol. The number of aromatic nitrogens is 2. The van der Waals surface area contributed by atoms with Gasteiger partial charge in [0.1, 0.15) is 0 Å². The zero-order valence-electron chi connectivity index (χ0n) is 14.4. The minimum absolute atomic E-state index is 0.127. The Kier molecular flexibility index (Phi) is 6.28. The third-order valence-electron chi connectivity index (χ3n) is 3.92. The third-order valence-corrected chi connectivity index (χ3v) is 5.87. The zero-order valence-corrected chi connectivity index (χ0v) is 16.0. The smallest absolute Gasteiger partial charge is 0.233 e. The highest BCUT2D eigenvalue weighted by molar-refractivity contribution is 8.01. The second-order valence-corrected chi connectivity index (χ2v) is 8.26. The Bertz CT molecular complexity index is 697. The number of nitrogens with zero attached hydrogens (tertiary/aromatic N) is 3. The van der Waals surface area contributed by atoms with Crippen molar-refractivity contribution in [2.24, 2.45) is 0 Å². The van der Waals surface area contributed by atoms with E-state index in [0.717, 1.165) is 15.2 Å². The van der Waals surface area contributed by atoms with E-state index in [1.807, 2.05) is 17.0 Å². The molecule has 2 heterocycles. The van der Waals surface area contributed by atoms with Crippen molar-refractivity contribution in [2.75, 3.05) is 37.4 Å². The van der Waals surface area contributed by atoms with Crippen LogP contribution in [-0.4, -0.2) is 53.1 Å². The van der Waals surface area contributed by atoms with E-state index >= 15 is 0 Å². The fraction of sp³-hybridized carbons (Fsp3) is 0.471. The van der Waals surface area contributed by atoms with Crippen molar-refractivity contribution in [1.29, 1.82) is 0 Å². The van der Waals surface area contributed by atoms with Gasteiger partial charge in [0.15, 0.2) is 4.34 Å². The van der Waals surface area contributed by atoms with E-state index in [-0.39, 0.29) is 5.91 Å². The molecule has 0 saturated carbocycles. The number of anilines is 2. The first-order valence-corrected chi connectivity index (χ1v) is 10.1. The normalized spacial score (nSPS) is 14.8. The number of benzene rings is 1. The fourth-order valence-corrected chi connectivity index (χ4v) is 4.10. The number of nitrogens with one attached hydrogen (secondary N) is 1. The van der Waals surface area contributed by atoms with Crippen LogP contribution in [0, 0.1) is 0 Å². The van der Waals surface area contributed by atoms with Gasteiger partial charge in [-0.05, 0) is 23.6 Å². The van der Waals surface area contributed by atoms with Gasteiger partial charge in [-0.3, -0.25) is 4.79 Å². The predicted octanol–water partition coefficient (Wildman–Crippen LogP) is 3.36. The second kappa shape index (κ2) is 8.64. The van der Waals surface area contributed by atoms with Crippen molar-refractivity contribution < 1.29 is 9.53 Å². The molecule has 1 N–H and O–H groups in total. The quantitative estimate of drug-likeness (QED) is 0.778. The molecule has 0 unspecified atom stereocenters. The van der Waals surface area contributed by atoms with Gasteiger partial charge in [-0.25, -0.2) is 0 Å². The molecule has 0 aliphatic carbocycles. The lowest BCUT2D eigenvalue weighted by molar-refractivity contribution is -0.132. The van der Waals surface area contributed by atoms with Gasteiger partial charge in [0, 0.05) is 18.8 Å². The molecule has 0 atom stereocenters. The zero-order chi connectivity index (χ0) is 17.6. The van der Waals surface area contributed by atoms with Crippen LogP contribution in [0.1, 0.15) is 25.3 Å². The molecule has 25 heavy (non-hydrogen) atoms. The van der Waals surface area contributed by atoms with Crippen molar-refractivity contribution in [2.45, 2.75) is 24.1 Å². The Morgan fingerprint density at radius 2 is 2.00 bits per heavy atom. The van der Waals surface area contributed by atoms with Crippen molar-refractivity contribution >= 4 is 39.8 Å². The molecule has 3 rings (SSSR count). The summed E-state index contributed by atoms with van der Waals surface area (Å²) >= 11 is 2.89. The van der Waals surface area contributed by atoms with Gasteiger partial charge < -0.3 is 15.0 Å². The summed E-state index contributed by atoms with van der Waals surface area (Å²) in [6.45, 7) is 6.95. The van der Waals surface area contributed by atoms with Crippen molar-refractivity contribution in [1.82, 2.24) is 15.1 Å². The molecule has 0 radical (unpaired) electrons. The fourth-order valence-electron chi connectivity index (χ4n) is 2.42. The highest BCUT2D eigenvalue weighted by Gasteiger charge is 2.17. The van der Waals surface area contributed by atoms with Crippen LogP contribution in [0.25, 0.3) is 0 Å². The van der Waals surface area contributed by atoms with Gasteiger partial charge in [-0.2, -0.15) is 0 Å². The number of rotatable bonds is 6. The highest BCUT2D eigenvalue weighted by Crippen LogP contribution is 2.28. The minimum atomic E-state index is 0.127. The van der Waals surface area contributed by atoms with E-state index < -0.39 is 0 Å². The molecule has 1 amide bonds. The SMILES string of the molecule is CC(C)c1ccc(Nc2nnc(SCC(=O)N3CCOCC3)s2)cc1. The van der Waals surface area contributed by atoms with Gasteiger partial charge >= 0.3 is 0 Å². The Hall–Kier alpha value is -1.64. The summed E-state index contributed by atoms with van der Waals surface area (Å²) in [4.78, 5) is 14.0. The van der Waals surface area contributed by atoms with Gasteiger partial charge in [0.05, 0.1) is 19.0 Å². The monoisotopic (exact) mass is 378 g/mol. The average Bonchev–Trinajstić information content (AvgIpc) is 3.08. The Balaban J connectivity index is 1.50. The molecule has 1 aliphatic heterocycles. The van der Waals surface area contributed by atoms with Crippen molar-refractivity contribution in [3.63, 3.8) is 0 Å². The van der Waals surface area contributed by atoms with Crippen LogP contribution in [0.3, 0.4) is 0 Å². The van der Waals surface area contributed by atoms with Crippen LogP contribution in [0.2, 0.25) is 0 Å². The second-order valence-electron chi connectivity index (χ2n) is 6.06. The lowest BCUT2D eigenvalue weighted by atomic mass is 10.0. The van der Waals surface area contributed by atoms with Gasteiger partial charge in [0.25, 0.3) is 0 Å². The molecule has 1 aliphatic rings.